The van der Waals surface area contributed by atoms with E-state index in [1.165, 1.54) is 26.2 Å². The molecule has 1 N–H and O–H groups in total. The zero-order valence-electron chi connectivity index (χ0n) is 11.0. The zero-order chi connectivity index (χ0) is 11.4. The maximum atomic E-state index is 3.33. The first kappa shape index (κ1) is 12.9. The summed E-state index contributed by atoms with van der Waals surface area (Å²) in [4.78, 5) is 5.09. The van der Waals surface area contributed by atoms with Crippen LogP contribution in [-0.4, -0.2) is 62.2 Å². The summed E-state index contributed by atoms with van der Waals surface area (Å²) in [5.41, 5.74) is 0. The van der Waals surface area contributed by atoms with Crippen molar-refractivity contribution < 1.29 is 0 Å². The fourth-order valence-electron chi connectivity index (χ4n) is 2.29. The van der Waals surface area contributed by atoms with Gasteiger partial charge in [-0.05, 0) is 26.9 Å². The Hall–Kier alpha value is -0.120. The lowest BCUT2D eigenvalue weighted by Gasteiger charge is -2.43. The van der Waals surface area contributed by atoms with Crippen LogP contribution in [0.1, 0.15) is 20.8 Å². The molecule has 90 valence electrons. The van der Waals surface area contributed by atoms with Gasteiger partial charge in [0.15, 0.2) is 0 Å². The van der Waals surface area contributed by atoms with Gasteiger partial charge in [-0.25, -0.2) is 0 Å². The van der Waals surface area contributed by atoms with Gasteiger partial charge in [0.2, 0.25) is 0 Å². The van der Waals surface area contributed by atoms with Crippen LogP contribution >= 0.6 is 0 Å². The Bertz CT molecular complexity index is 182. The van der Waals surface area contributed by atoms with Crippen LogP contribution < -0.4 is 5.32 Å². The van der Waals surface area contributed by atoms with E-state index in [-0.39, 0.29) is 0 Å². The van der Waals surface area contributed by atoms with E-state index in [2.05, 4.69) is 42.9 Å². The summed E-state index contributed by atoms with van der Waals surface area (Å²) in [6, 6.07) is 1.31. The van der Waals surface area contributed by atoms with Crippen LogP contribution in [0, 0.1) is 5.92 Å². The van der Waals surface area contributed by atoms with Crippen LogP contribution in [0.5, 0.6) is 0 Å². The molecule has 0 radical (unpaired) electrons. The number of nitrogens with zero attached hydrogens (tertiary/aromatic N) is 2. The Kier molecular flexibility index (Phi) is 5.03. The zero-order valence-corrected chi connectivity index (χ0v) is 11.0. The van der Waals surface area contributed by atoms with Crippen molar-refractivity contribution in [3.05, 3.63) is 0 Å². The third kappa shape index (κ3) is 3.74. The Morgan fingerprint density at radius 2 is 1.93 bits per heavy atom. The highest BCUT2D eigenvalue weighted by Crippen LogP contribution is 2.16. The van der Waals surface area contributed by atoms with Crippen LogP contribution in [0.25, 0.3) is 0 Å². The highest BCUT2D eigenvalue weighted by atomic mass is 15.3. The molecule has 0 bridgehead atoms. The lowest BCUT2D eigenvalue weighted by Crippen LogP contribution is -2.56. The first-order valence-electron chi connectivity index (χ1n) is 6.14. The van der Waals surface area contributed by atoms with Crippen molar-refractivity contribution in [1.29, 1.82) is 0 Å². The Morgan fingerprint density at radius 3 is 2.47 bits per heavy atom. The van der Waals surface area contributed by atoms with Crippen molar-refractivity contribution in [2.75, 3.05) is 40.3 Å². The van der Waals surface area contributed by atoms with E-state index in [9.17, 15) is 0 Å². The second kappa shape index (κ2) is 5.83. The molecular formula is C12H27N3. The molecule has 1 fully saturated rings. The third-order valence-corrected chi connectivity index (χ3v) is 3.51. The third-order valence-electron chi connectivity index (χ3n) is 3.51. The van der Waals surface area contributed by atoms with Crippen molar-refractivity contribution in [2.45, 2.75) is 32.9 Å². The fraction of sp³-hybridized carbons (Fsp3) is 1.00. The lowest BCUT2D eigenvalue weighted by atomic mass is 9.99. The molecule has 0 spiro atoms. The normalized spacial score (nSPS) is 27.2. The summed E-state index contributed by atoms with van der Waals surface area (Å²) in [5, 5.41) is 3.33. The highest BCUT2D eigenvalue weighted by molar-refractivity contribution is 4.84. The summed E-state index contributed by atoms with van der Waals surface area (Å²) in [6.07, 6.45) is 0. The molecule has 0 aromatic rings. The molecule has 2 atom stereocenters. The van der Waals surface area contributed by atoms with Crippen LogP contribution in [0.2, 0.25) is 0 Å². The number of hydrogen-bond donors (Lipinski definition) is 1. The number of hydrogen-bond acceptors (Lipinski definition) is 3. The van der Waals surface area contributed by atoms with Crippen molar-refractivity contribution in [3.63, 3.8) is 0 Å². The summed E-state index contributed by atoms with van der Waals surface area (Å²) in [7, 11) is 4.28. The number of rotatable bonds is 4. The van der Waals surface area contributed by atoms with Gasteiger partial charge in [-0.3, -0.25) is 4.90 Å². The first-order valence-corrected chi connectivity index (χ1v) is 6.14. The van der Waals surface area contributed by atoms with Gasteiger partial charge in [0.1, 0.15) is 0 Å². The predicted molar refractivity (Wildman–Crippen MR) is 66.2 cm³/mol. The average molecular weight is 213 g/mol. The predicted octanol–water partition coefficient (Wildman–Crippen LogP) is 0.866. The Balaban J connectivity index is 2.52. The second-order valence-corrected chi connectivity index (χ2v) is 5.26. The monoisotopic (exact) mass is 213 g/mol. The first-order chi connectivity index (χ1) is 7.04. The Morgan fingerprint density at radius 1 is 1.27 bits per heavy atom. The van der Waals surface area contributed by atoms with E-state index in [1.807, 2.05) is 7.05 Å². The molecule has 0 saturated carbocycles. The maximum absolute atomic E-state index is 3.33. The number of nitrogens with one attached hydrogen (secondary N) is 1. The molecule has 15 heavy (non-hydrogen) atoms. The van der Waals surface area contributed by atoms with Gasteiger partial charge in [-0.15, -0.1) is 0 Å². The van der Waals surface area contributed by atoms with Gasteiger partial charge in [-0.1, -0.05) is 13.8 Å². The van der Waals surface area contributed by atoms with E-state index in [1.54, 1.807) is 0 Å². The number of likely N-dealkylation sites (N-methyl/N-ethyl adjacent to an activating group) is 2. The van der Waals surface area contributed by atoms with Gasteiger partial charge in [0, 0.05) is 38.3 Å². The number of piperazine rings is 1. The molecule has 0 aromatic carbocycles. The molecule has 1 aliphatic rings. The molecule has 0 amide bonds. The SMILES string of the molecule is CNC(C)CN1CCN(C)CC1C(C)C. The molecule has 3 heteroatoms. The van der Waals surface area contributed by atoms with Gasteiger partial charge in [-0.2, -0.15) is 0 Å². The van der Waals surface area contributed by atoms with Crippen molar-refractivity contribution in [2.24, 2.45) is 5.92 Å². The van der Waals surface area contributed by atoms with Crippen molar-refractivity contribution >= 4 is 0 Å². The molecule has 2 unspecified atom stereocenters. The topological polar surface area (TPSA) is 18.5 Å². The molecule has 1 rings (SSSR count). The summed E-state index contributed by atoms with van der Waals surface area (Å²) < 4.78 is 0. The van der Waals surface area contributed by atoms with E-state index < -0.39 is 0 Å². The van der Waals surface area contributed by atoms with Crippen LogP contribution in [-0.2, 0) is 0 Å². The standard InChI is InChI=1S/C12H27N3/c1-10(2)12-9-14(5)6-7-15(12)8-11(3)13-4/h10-13H,6-9H2,1-5H3. The second-order valence-electron chi connectivity index (χ2n) is 5.26. The van der Waals surface area contributed by atoms with E-state index >= 15 is 0 Å². The molecule has 1 saturated heterocycles. The molecule has 1 aliphatic heterocycles. The van der Waals surface area contributed by atoms with E-state index in [4.69, 9.17) is 0 Å². The van der Waals surface area contributed by atoms with Crippen LogP contribution in [0.3, 0.4) is 0 Å². The lowest BCUT2D eigenvalue weighted by molar-refractivity contribution is 0.0575. The Labute approximate surface area is 94.8 Å². The quantitative estimate of drug-likeness (QED) is 0.747. The van der Waals surface area contributed by atoms with Crippen LogP contribution in [0.15, 0.2) is 0 Å². The van der Waals surface area contributed by atoms with Gasteiger partial charge < -0.3 is 10.2 Å². The smallest absolute Gasteiger partial charge is 0.0247 e. The minimum absolute atomic E-state index is 0.592. The van der Waals surface area contributed by atoms with E-state index in [0.717, 1.165) is 12.0 Å². The summed E-state index contributed by atoms with van der Waals surface area (Å²) in [5.74, 6) is 0.747. The van der Waals surface area contributed by atoms with Gasteiger partial charge >= 0.3 is 0 Å². The molecule has 0 aromatic heterocycles. The molecule has 0 aliphatic carbocycles. The summed E-state index contributed by atoms with van der Waals surface area (Å²) >= 11 is 0. The van der Waals surface area contributed by atoms with E-state index in [0.29, 0.717) is 6.04 Å². The van der Waals surface area contributed by atoms with Gasteiger partial charge in [0.05, 0.1) is 0 Å². The molecule has 3 nitrogen and oxygen atoms in total. The highest BCUT2D eigenvalue weighted by Gasteiger charge is 2.27. The van der Waals surface area contributed by atoms with Gasteiger partial charge in [0.25, 0.3) is 0 Å². The minimum Gasteiger partial charge on any atom is -0.316 e. The average Bonchev–Trinajstić information content (AvgIpc) is 2.20. The largest absolute Gasteiger partial charge is 0.316 e. The fourth-order valence-corrected chi connectivity index (χ4v) is 2.29. The van der Waals surface area contributed by atoms with Crippen LogP contribution in [0.4, 0.5) is 0 Å². The van der Waals surface area contributed by atoms with Crippen molar-refractivity contribution in [3.8, 4) is 0 Å². The molecule has 1 heterocycles. The molecular weight excluding hydrogens is 186 g/mol. The maximum Gasteiger partial charge on any atom is 0.0247 e. The van der Waals surface area contributed by atoms with Crippen molar-refractivity contribution in [1.82, 2.24) is 15.1 Å². The summed E-state index contributed by atoms with van der Waals surface area (Å²) in [6.45, 7) is 11.7. The minimum atomic E-state index is 0.592.